The van der Waals surface area contributed by atoms with Crippen LogP contribution in [0.2, 0.25) is 0 Å². The minimum atomic E-state index is -3.35. The highest BCUT2D eigenvalue weighted by molar-refractivity contribution is 7.89. The summed E-state index contributed by atoms with van der Waals surface area (Å²) in [5.74, 6) is 0. The lowest BCUT2D eigenvalue weighted by atomic mass is 10.2. The predicted molar refractivity (Wildman–Crippen MR) is 70.4 cm³/mol. The molecule has 0 aliphatic carbocycles. The van der Waals surface area contributed by atoms with Gasteiger partial charge in [-0.05, 0) is 37.8 Å². The molecule has 0 saturated carbocycles. The second-order valence-electron chi connectivity index (χ2n) is 3.95. The Balaban J connectivity index is 2.58. The monoisotopic (exact) mass is 253 g/mol. The van der Waals surface area contributed by atoms with Crippen molar-refractivity contribution < 1.29 is 8.42 Å². The smallest absolute Gasteiger partial charge is 0.211 e. The van der Waals surface area contributed by atoms with Crippen LogP contribution >= 0.6 is 0 Å². The molecule has 94 valence electrons. The predicted octanol–water partition coefficient (Wildman–Crippen LogP) is 2.63. The number of sulfonamides is 1. The minimum Gasteiger partial charge on any atom is -0.211 e. The molecule has 3 nitrogen and oxygen atoms in total. The maximum atomic E-state index is 12.0. The van der Waals surface area contributed by atoms with Gasteiger partial charge in [-0.1, -0.05) is 24.3 Å². The van der Waals surface area contributed by atoms with E-state index in [1.807, 2.05) is 12.1 Å². The molecular formula is C13H19NO2S. The fraction of sp³-hybridized carbons (Fsp3) is 0.385. The highest BCUT2D eigenvalue weighted by Gasteiger charge is 2.14. The van der Waals surface area contributed by atoms with E-state index in [-0.39, 0.29) is 0 Å². The van der Waals surface area contributed by atoms with Crippen LogP contribution in [0.25, 0.3) is 0 Å². The molecule has 0 aromatic heterocycles. The Bertz CT molecular complexity index is 466. The van der Waals surface area contributed by atoms with Crippen molar-refractivity contribution in [1.29, 1.82) is 0 Å². The van der Waals surface area contributed by atoms with Crippen molar-refractivity contribution in [3.05, 3.63) is 42.5 Å². The van der Waals surface area contributed by atoms with E-state index >= 15 is 0 Å². The van der Waals surface area contributed by atoms with Crippen LogP contribution in [0.3, 0.4) is 0 Å². The van der Waals surface area contributed by atoms with Crippen LogP contribution in [-0.4, -0.2) is 15.0 Å². The summed E-state index contributed by atoms with van der Waals surface area (Å²) in [4.78, 5) is 0.365. The van der Waals surface area contributed by atoms with E-state index in [0.717, 1.165) is 24.8 Å². The summed E-state index contributed by atoms with van der Waals surface area (Å²) in [6.45, 7) is 5.90. The zero-order valence-electron chi connectivity index (χ0n) is 10.1. The molecule has 1 aromatic rings. The molecule has 0 fully saturated rings. The number of benzene rings is 1. The highest BCUT2D eigenvalue weighted by atomic mass is 32.2. The highest BCUT2D eigenvalue weighted by Crippen LogP contribution is 2.13. The van der Waals surface area contributed by atoms with E-state index in [9.17, 15) is 8.42 Å². The molecular weight excluding hydrogens is 234 g/mol. The third-order valence-electron chi connectivity index (χ3n) is 2.51. The molecule has 0 atom stereocenters. The Labute approximate surface area is 104 Å². The summed E-state index contributed by atoms with van der Waals surface area (Å²) in [5.41, 5.74) is 0.770. The van der Waals surface area contributed by atoms with Gasteiger partial charge in [0.25, 0.3) is 0 Å². The average molecular weight is 253 g/mol. The Hall–Kier alpha value is -1.13. The van der Waals surface area contributed by atoms with Gasteiger partial charge < -0.3 is 0 Å². The number of nitrogens with one attached hydrogen (secondary N) is 1. The van der Waals surface area contributed by atoms with Crippen LogP contribution in [-0.2, 0) is 10.0 Å². The van der Waals surface area contributed by atoms with Gasteiger partial charge in [0, 0.05) is 6.54 Å². The van der Waals surface area contributed by atoms with Crippen LogP contribution in [0.5, 0.6) is 0 Å². The summed E-state index contributed by atoms with van der Waals surface area (Å²) in [7, 11) is -3.35. The zero-order valence-corrected chi connectivity index (χ0v) is 11.0. The summed E-state index contributed by atoms with van der Waals surface area (Å²) < 4.78 is 26.5. The summed E-state index contributed by atoms with van der Waals surface area (Å²) >= 11 is 0. The standard InChI is InChI=1S/C13H19NO2S/c1-3-4-5-8-11-14-17(15,16)13-10-7-6-9-12(13)2/h3,6-7,9-10,14H,1,4-5,8,11H2,2H3. The van der Waals surface area contributed by atoms with Crippen molar-refractivity contribution in [3.63, 3.8) is 0 Å². The number of hydrogen-bond acceptors (Lipinski definition) is 2. The van der Waals surface area contributed by atoms with Crippen LogP contribution in [0.1, 0.15) is 24.8 Å². The van der Waals surface area contributed by atoms with E-state index in [1.54, 1.807) is 25.1 Å². The first kappa shape index (κ1) is 13.9. The quantitative estimate of drug-likeness (QED) is 0.600. The zero-order chi connectivity index (χ0) is 12.7. The molecule has 0 bridgehead atoms. The van der Waals surface area contributed by atoms with Gasteiger partial charge in [-0.25, -0.2) is 13.1 Å². The number of hydrogen-bond donors (Lipinski definition) is 1. The van der Waals surface area contributed by atoms with E-state index < -0.39 is 10.0 Å². The van der Waals surface area contributed by atoms with Gasteiger partial charge in [0.1, 0.15) is 0 Å². The molecule has 1 N–H and O–H groups in total. The van der Waals surface area contributed by atoms with Crippen LogP contribution in [0.4, 0.5) is 0 Å². The van der Waals surface area contributed by atoms with Crippen LogP contribution < -0.4 is 4.72 Å². The minimum absolute atomic E-state index is 0.365. The van der Waals surface area contributed by atoms with Gasteiger partial charge in [-0.3, -0.25) is 0 Å². The van der Waals surface area contributed by atoms with E-state index in [0.29, 0.717) is 11.4 Å². The molecule has 0 amide bonds. The molecule has 0 unspecified atom stereocenters. The summed E-state index contributed by atoms with van der Waals surface area (Å²) in [6.07, 6.45) is 4.55. The molecule has 0 spiro atoms. The molecule has 17 heavy (non-hydrogen) atoms. The third-order valence-corrected chi connectivity index (χ3v) is 4.13. The lowest BCUT2D eigenvalue weighted by Crippen LogP contribution is -2.25. The Morgan fingerprint density at radius 2 is 2.00 bits per heavy atom. The van der Waals surface area contributed by atoms with E-state index in [1.165, 1.54) is 0 Å². The first-order valence-electron chi connectivity index (χ1n) is 5.74. The Morgan fingerprint density at radius 3 is 2.65 bits per heavy atom. The fourth-order valence-corrected chi connectivity index (χ4v) is 2.87. The molecule has 4 heteroatoms. The normalized spacial score (nSPS) is 11.4. The Morgan fingerprint density at radius 1 is 1.29 bits per heavy atom. The number of allylic oxidation sites excluding steroid dienone is 1. The second kappa shape index (κ2) is 6.57. The van der Waals surface area contributed by atoms with Crippen molar-refractivity contribution in [2.45, 2.75) is 31.1 Å². The van der Waals surface area contributed by atoms with Gasteiger partial charge in [-0.15, -0.1) is 6.58 Å². The van der Waals surface area contributed by atoms with Crippen LogP contribution in [0.15, 0.2) is 41.8 Å². The van der Waals surface area contributed by atoms with Crippen molar-refractivity contribution in [2.75, 3.05) is 6.54 Å². The van der Waals surface area contributed by atoms with Crippen LogP contribution in [0, 0.1) is 6.92 Å². The second-order valence-corrected chi connectivity index (χ2v) is 5.68. The van der Waals surface area contributed by atoms with E-state index in [4.69, 9.17) is 0 Å². The van der Waals surface area contributed by atoms with Crippen molar-refractivity contribution >= 4 is 10.0 Å². The fourth-order valence-electron chi connectivity index (χ4n) is 1.56. The first-order valence-corrected chi connectivity index (χ1v) is 7.22. The SMILES string of the molecule is C=CCCCCNS(=O)(=O)c1ccccc1C. The topological polar surface area (TPSA) is 46.2 Å². The molecule has 0 aliphatic rings. The lowest BCUT2D eigenvalue weighted by Gasteiger charge is -2.08. The largest absolute Gasteiger partial charge is 0.240 e. The molecule has 0 saturated heterocycles. The maximum Gasteiger partial charge on any atom is 0.240 e. The summed E-state index contributed by atoms with van der Waals surface area (Å²) in [5, 5.41) is 0. The van der Waals surface area contributed by atoms with Gasteiger partial charge in [0.05, 0.1) is 4.90 Å². The van der Waals surface area contributed by atoms with Gasteiger partial charge in [0.15, 0.2) is 0 Å². The number of unbranched alkanes of at least 4 members (excludes halogenated alkanes) is 2. The molecule has 0 heterocycles. The number of aryl methyl sites for hydroxylation is 1. The van der Waals surface area contributed by atoms with Crippen molar-refractivity contribution in [3.8, 4) is 0 Å². The number of rotatable bonds is 7. The van der Waals surface area contributed by atoms with Gasteiger partial charge in [-0.2, -0.15) is 0 Å². The Kier molecular flexibility index (Phi) is 5.38. The molecule has 1 aromatic carbocycles. The first-order chi connectivity index (χ1) is 8.08. The summed E-state index contributed by atoms with van der Waals surface area (Å²) in [6, 6.07) is 6.99. The van der Waals surface area contributed by atoms with Crippen molar-refractivity contribution in [2.24, 2.45) is 0 Å². The molecule has 0 aliphatic heterocycles. The van der Waals surface area contributed by atoms with Gasteiger partial charge >= 0.3 is 0 Å². The average Bonchev–Trinajstić information content (AvgIpc) is 2.29. The molecule has 1 rings (SSSR count). The van der Waals surface area contributed by atoms with Gasteiger partial charge in [0.2, 0.25) is 10.0 Å². The molecule has 0 radical (unpaired) electrons. The van der Waals surface area contributed by atoms with E-state index in [2.05, 4.69) is 11.3 Å². The lowest BCUT2D eigenvalue weighted by molar-refractivity contribution is 0.576. The van der Waals surface area contributed by atoms with Crippen molar-refractivity contribution in [1.82, 2.24) is 4.72 Å². The third kappa shape index (κ3) is 4.32. The maximum absolute atomic E-state index is 12.0.